The van der Waals surface area contributed by atoms with E-state index in [-0.39, 0.29) is 0 Å². The fraction of sp³-hybridized carbons (Fsp3) is 0.647. The largest absolute Gasteiger partial charge is 0.497 e. The summed E-state index contributed by atoms with van der Waals surface area (Å²) in [6, 6.07) is 6.58. The zero-order valence-electron chi connectivity index (χ0n) is 13.5. The Balaban J connectivity index is 2.61. The Hall–Kier alpha value is -0.580. The molecule has 0 amide bonds. The monoisotopic (exact) mass is 357 g/mol. The zero-order chi connectivity index (χ0) is 15.5. The van der Waals surface area contributed by atoms with Crippen molar-refractivity contribution in [3.8, 4) is 5.75 Å². The molecule has 0 saturated heterocycles. The molecule has 0 aromatic heterocycles. The number of halogens is 1. The maximum Gasteiger partial charge on any atom is 0.119 e. The van der Waals surface area contributed by atoms with Crippen LogP contribution in [0.3, 0.4) is 0 Å². The average molecular weight is 358 g/mol. The molecule has 1 rings (SSSR count). The van der Waals surface area contributed by atoms with Crippen LogP contribution in [0.4, 0.5) is 0 Å². The van der Waals surface area contributed by atoms with Crippen molar-refractivity contribution in [2.75, 3.05) is 26.9 Å². The van der Waals surface area contributed by atoms with E-state index in [0.29, 0.717) is 6.04 Å². The Morgan fingerprint density at radius 1 is 1.19 bits per heavy atom. The highest BCUT2D eigenvalue weighted by atomic mass is 79.9. The van der Waals surface area contributed by atoms with Crippen molar-refractivity contribution in [2.24, 2.45) is 0 Å². The topological polar surface area (TPSA) is 30.5 Å². The lowest BCUT2D eigenvalue weighted by molar-refractivity contribution is 0.124. The van der Waals surface area contributed by atoms with Crippen LogP contribution in [0.5, 0.6) is 5.75 Å². The highest BCUT2D eigenvalue weighted by Crippen LogP contribution is 2.24. The maximum atomic E-state index is 5.63. The SMILES string of the molecule is CCCNC(CCOCCC)Cc1cc(OC)ccc1Br. The predicted molar refractivity (Wildman–Crippen MR) is 92.2 cm³/mol. The first-order valence-electron chi connectivity index (χ1n) is 7.84. The van der Waals surface area contributed by atoms with Crippen molar-refractivity contribution < 1.29 is 9.47 Å². The first-order chi connectivity index (χ1) is 10.2. The second kappa shape index (κ2) is 11.0. The van der Waals surface area contributed by atoms with Crippen molar-refractivity contribution in [3.63, 3.8) is 0 Å². The van der Waals surface area contributed by atoms with Crippen LogP contribution in [-0.2, 0) is 11.2 Å². The van der Waals surface area contributed by atoms with E-state index in [4.69, 9.17) is 9.47 Å². The Labute approximate surface area is 137 Å². The van der Waals surface area contributed by atoms with Gasteiger partial charge < -0.3 is 14.8 Å². The normalized spacial score (nSPS) is 12.4. The smallest absolute Gasteiger partial charge is 0.119 e. The second-order valence-electron chi connectivity index (χ2n) is 5.21. The first-order valence-corrected chi connectivity index (χ1v) is 8.64. The first kappa shape index (κ1) is 18.5. The lowest BCUT2D eigenvalue weighted by atomic mass is 10.0. The summed E-state index contributed by atoms with van der Waals surface area (Å²) in [7, 11) is 1.71. The molecule has 1 aromatic rings. The summed E-state index contributed by atoms with van der Waals surface area (Å²) < 4.78 is 12.1. The number of hydrogen-bond acceptors (Lipinski definition) is 3. The van der Waals surface area contributed by atoms with Gasteiger partial charge >= 0.3 is 0 Å². The number of rotatable bonds is 11. The molecule has 0 aliphatic rings. The second-order valence-corrected chi connectivity index (χ2v) is 6.07. The van der Waals surface area contributed by atoms with Crippen molar-refractivity contribution in [2.45, 2.75) is 45.6 Å². The summed E-state index contributed by atoms with van der Waals surface area (Å²) in [5.41, 5.74) is 1.28. The number of hydrogen-bond donors (Lipinski definition) is 1. The van der Waals surface area contributed by atoms with E-state index in [1.54, 1.807) is 7.11 Å². The average Bonchev–Trinajstić information content (AvgIpc) is 2.50. The van der Waals surface area contributed by atoms with Crippen molar-refractivity contribution in [1.29, 1.82) is 0 Å². The minimum absolute atomic E-state index is 0.435. The number of nitrogens with one attached hydrogen (secondary N) is 1. The van der Waals surface area contributed by atoms with E-state index >= 15 is 0 Å². The summed E-state index contributed by atoms with van der Waals surface area (Å²) in [6.45, 7) is 7.04. The maximum absolute atomic E-state index is 5.63. The van der Waals surface area contributed by atoms with Crippen molar-refractivity contribution in [1.82, 2.24) is 5.32 Å². The molecule has 0 aliphatic carbocycles. The number of ether oxygens (including phenoxy) is 2. The molecule has 0 radical (unpaired) electrons. The molecule has 120 valence electrons. The Kier molecular flexibility index (Phi) is 9.72. The highest BCUT2D eigenvalue weighted by molar-refractivity contribution is 9.10. The molecule has 1 atom stereocenters. The van der Waals surface area contributed by atoms with Crippen LogP contribution in [0, 0.1) is 0 Å². The van der Waals surface area contributed by atoms with Crippen LogP contribution in [0.15, 0.2) is 22.7 Å². The third-order valence-electron chi connectivity index (χ3n) is 3.36. The molecule has 21 heavy (non-hydrogen) atoms. The zero-order valence-corrected chi connectivity index (χ0v) is 15.0. The number of methoxy groups -OCH3 is 1. The quantitative estimate of drug-likeness (QED) is 0.602. The summed E-state index contributed by atoms with van der Waals surface area (Å²) in [4.78, 5) is 0. The summed E-state index contributed by atoms with van der Waals surface area (Å²) in [6.07, 6.45) is 4.23. The molecule has 0 spiro atoms. The van der Waals surface area contributed by atoms with Crippen molar-refractivity contribution in [3.05, 3.63) is 28.2 Å². The minimum atomic E-state index is 0.435. The Morgan fingerprint density at radius 3 is 2.67 bits per heavy atom. The van der Waals surface area contributed by atoms with Gasteiger partial charge in [-0.05, 0) is 56.0 Å². The van der Waals surface area contributed by atoms with Gasteiger partial charge in [0.25, 0.3) is 0 Å². The molecule has 0 bridgehead atoms. The molecule has 1 N–H and O–H groups in total. The van der Waals surface area contributed by atoms with Gasteiger partial charge in [0.2, 0.25) is 0 Å². The van der Waals surface area contributed by atoms with Crippen LogP contribution >= 0.6 is 15.9 Å². The van der Waals surface area contributed by atoms with Gasteiger partial charge in [0.15, 0.2) is 0 Å². The lowest BCUT2D eigenvalue weighted by Gasteiger charge is -2.20. The van der Waals surface area contributed by atoms with E-state index in [0.717, 1.165) is 55.7 Å². The molecular formula is C17H28BrNO2. The summed E-state index contributed by atoms with van der Waals surface area (Å²) >= 11 is 3.63. The van der Waals surface area contributed by atoms with E-state index in [2.05, 4.69) is 47.2 Å². The van der Waals surface area contributed by atoms with Gasteiger partial charge in [0, 0.05) is 23.7 Å². The molecule has 0 fully saturated rings. The fourth-order valence-electron chi connectivity index (χ4n) is 2.20. The van der Waals surface area contributed by atoms with Gasteiger partial charge in [-0.1, -0.05) is 29.8 Å². The van der Waals surface area contributed by atoms with Gasteiger partial charge in [-0.2, -0.15) is 0 Å². The van der Waals surface area contributed by atoms with E-state index in [1.165, 1.54) is 5.56 Å². The van der Waals surface area contributed by atoms with E-state index in [9.17, 15) is 0 Å². The standard InChI is InChI=1S/C17H28BrNO2/c1-4-9-19-15(8-11-21-10-5-2)12-14-13-16(20-3)6-7-17(14)18/h6-7,13,15,19H,4-5,8-12H2,1-3H3. The van der Waals surface area contributed by atoms with Crippen LogP contribution in [-0.4, -0.2) is 32.9 Å². The Bertz CT molecular complexity index is 398. The number of benzene rings is 1. The van der Waals surface area contributed by atoms with Gasteiger partial charge in [-0.15, -0.1) is 0 Å². The van der Waals surface area contributed by atoms with E-state index in [1.807, 2.05) is 6.07 Å². The van der Waals surface area contributed by atoms with E-state index < -0.39 is 0 Å². The predicted octanol–water partition coefficient (Wildman–Crippen LogP) is 4.19. The molecule has 0 saturated carbocycles. The highest BCUT2D eigenvalue weighted by Gasteiger charge is 2.12. The van der Waals surface area contributed by atoms with Gasteiger partial charge in [0.05, 0.1) is 7.11 Å². The molecule has 3 nitrogen and oxygen atoms in total. The molecule has 1 unspecified atom stereocenters. The minimum Gasteiger partial charge on any atom is -0.497 e. The lowest BCUT2D eigenvalue weighted by Crippen LogP contribution is -2.33. The molecular weight excluding hydrogens is 330 g/mol. The van der Waals surface area contributed by atoms with Gasteiger partial charge in [0.1, 0.15) is 5.75 Å². The third kappa shape index (κ3) is 7.30. The molecule has 0 heterocycles. The van der Waals surface area contributed by atoms with Crippen LogP contribution in [0.1, 0.15) is 38.7 Å². The fourth-order valence-corrected chi connectivity index (χ4v) is 2.61. The molecule has 1 aromatic carbocycles. The molecule has 4 heteroatoms. The van der Waals surface area contributed by atoms with Crippen LogP contribution in [0.2, 0.25) is 0 Å². The third-order valence-corrected chi connectivity index (χ3v) is 4.13. The van der Waals surface area contributed by atoms with Gasteiger partial charge in [-0.3, -0.25) is 0 Å². The van der Waals surface area contributed by atoms with Crippen LogP contribution in [0.25, 0.3) is 0 Å². The van der Waals surface area contributed by atoms with Crippen molar-refractivity contribution >= 4 is 15.9 Å². The Morgan fingerprint density at radius 2 is 2.00 bits per heavy atom. The summed E-state index contributed by atoms with van der Waals surface area (Å²) in [5, 5.41) is 3.62. The summed E-state index contributed by atoms with van der Waals surface area (Å²) in [5.74, 6) is 0.907. The van der Waals surface area contributed by atoms with Gasteiger partial charge in [-0.25, -0.2) is 0 Å². The molecule has 0 aliphatic heterocycles. The van der Waals surface area contributed by atoms with Crippen LogP contribution < -0.4 is 10.1 Å².